The highest BCUT2D eigenvalue weighted by atomic mass is 35.5. The van der Waals surface area contributed by atoms with E-state index in [0.717, 1.165) is 0 Å². The molecule has 1 heterocycles. The Morgan fingerprint density at radius 2 is 1.89 bits per heavy atom. The predicted molar refractivity (Wildman–Crippen MR) is 105 cm³/mol. The fourth-order valence-electron chi connectivity index (χ4n) is 2.67. The first-order chi connectivity index (χ1) is 13.2. The first kappa shape index (κ1) is 20.4. The van der Waals surface area contributed by atoms with Gasteiger partial charge in [-0.3, -0.25) is 9.59 Å². The molecule has 1 aliphatic rings. The summed E-state index contributed by atoms with van der Waals surface area (Å²) in [4.78, 5) is 23.9. The summed E-state index contributed by atoms with van der Waals surface area (Å²) in [6.45, 7) is 1.80. The molecule has 0 radical (unpaired) electrons. The SMILES string of the molecule is CC[C@@H]1Oc2ccc(S(=O)(=O)NC(=O)Cc3c(Cl)cccc3Cl)cc2NC1=O. The van der Waals surface area contributed by atoms with E-state index in [4.69, 9.17) is 27.9 Å². The maximum absolute atomic E-state index is 12.5. The summed E-state index contributed by atoms with van der Waals surface area (Å²) in [6, 6.07) is 8.69. The minimum atomic E-state index is -4.17. The second kappa shape index (κ2) is 7.98. The number of nitrogens with one attached hydrogen (secondary N) is 2. The normalized spacial score (nSPS) is 16.0. The van der Waals surface area contributed by atoms with Gasteiger partial charge in [-0.25, -0.2) is 13.1 Å². The summed E-state index contributed by atoms with van der Waals surface area (Å²) >= 11 is 12.0. The number of hydrogen-bond donors (Lipinski definition) is 2. The Balaban J connectivity index is 1.79. The third-order valence-electron chi connectivity index (χ3n) is 4.10. The van der Waals surface area contributed by atoms with E-state index in [-0.39, 0.29) is 33.0 Å². The van der Waals surface area contributed by atoms with Crippen LogP contribution in [0, 0.1) is 0 Å². The lowest BCUT2D eigenvalue weighted by Crippen LogP contribution is -2.36. The number of fused-ring (bicyclic) bond motifs is 1. The first-order valence-corrected chi connectivity index (χ1v) is 10.5. The van der Waals surface area contributed by atoms with Crippen molar-refractivity contribution in [1.82, 2.24) is 4.72 Å². The van der Waals surface area contributed by atoms with Crippen LogP contribution in [0.15, 0.2) is 41.3 Å². The molecule has 0 aromatic heterocycles. The molecule has 0 saturated heterocycles. The molecule has 0 unspecified atom stereocenters. The third-order valence-corrected chi connectivity index (χ3v) is 6.18. The molecule has 1 aliphatic heterocycles. The van der Waals surface area contributed by atoms with Crippen LogP contribution in [-0.2, 0) is 26.0 Å². The number of carbonyl (C=O) groups is 2. The van der Waals surface area contributed by atoms with E-state index in [9.17, 15) is 18.0 Å². The lowest BCUT2D eigenvalue weighted by atomic mass is 10.1. The zero-order valence-electron chi connectivity index (χ0n) is 14.7. The lowest BCUT2D eigenvalue weighted by molar-refractivity contribution is -0.123. The summed E-state index contributed by atoms with van der Waals surface area (Å²) in [5.41, 5.74) is 0.550. The Labute approximate surface area is 172 Å². The van der Waals surface area contributed by atoms with Crippen molar-refractivity contribution in [1.29, 1.82) is 0 Å². The van der Waals surface area contributed by atoms with Crippen LogP contribution in [0.25, 0.3) is 0 Å². The number of rotatable bonds is 5. The summed E-state index contributed by atoms with van der Waals surface area (Å²) in [7, 11) is -4.17. The van der Waals surface area contributed by atoms with Gasteiger partial charge in [0.1, 0.15) is 5.75 Å². The maximum Gasteiger partial charge on any atom is 0.265 e. The van der Waals surface area contributed by atoms with Gasteiger partial charge in [-0.1, -0.05) is 36.2 Å². The van der Waals surface area contributed by atoms with Crippen molar-refractivity contribution in [3.63, 3.8) is 0 Å². The van der Waals surface area contributed by atoms with Crippen LogP contribution in [-0.4, -0.2) is 26.3 Å². The van der Waals surface area contributed by atoms with Gasteiger partial charge in [-0.2, -0.15) is 0 Å². The Morgan fingerprint density at radius 1 is 1.21 bits per heavy atom. The van der Waals surface area contributed by atoms with Crippen LogP contribution in [0.2, 0.25) is 10.0 Å². The van der Waals surface area contributed by atoms with E-state index in [1.807, 2.05) is 4.72 Å². The van der Waals surface area contributed by atoms with Crippen LogP contribution in [0.3, 0.4) is 0 Å². The van der Waals surface area contributed by atoms with E-state index in [1.165, 1.54) is 18.2 Å². The zero-order valence-corrected chi connectivity index (χ0v) is 17.0. The van der Waals surface area contributed by atoms with Crippen LogP contribution in [0.4, 0.5) is 5.69 Å². The number of ether oxygens (including phenoxy) is 1. The second-order valence-electron chi connectivity index (χ2n) is 6.07. The highest BCUT2D eigenvalue weighted by Crippen LogP contribution is 2.32. The highest BCUT2D eigenvalue weighted by molar-refractivity contribution is 7.90. The van der Waals surface area contributed by atoms with Crippen molar-refractivity contribution >= 4 is 50.7 Å². The number of hydrogen-bond acceptors (Lipinski definition) is 5. The van der Waals surface area contributed by atoms with Crippen molar-refractivity contribution in [3.8, 4) is 5.75 Å². The van der Waals surface area contributed by atoms with Gasteiger partial charge in [-0.05, 0) is 42.3 Å². The predicted octanol–water partition coefficient (Wildman–Crippen LogP) is 3.15. The summed E-state index contributed by atoms with van der Waals surface area (Å²) in [5.74, 6) is -0.791. The number of anilines is 1. The number of halogens is 2. The Hall–Kier alpha value is -2.29. The summed E-state index contributed by atoms with van der Waals surface area (Å²) in [5, 5.41) is 3.13. The minimum absolute atomic E-state index is 0.191. The molecule has 0 spiro atoms. The van der Waals surface area contributed by atoms with Crippen molar-refractivity contribution in [2.75, 3.05) is 5.32 Å². The molecule has 148 valence electrons. The van der Waals surface area contributed by atoms with Crippen LogP contribution >= 0.6 is 23.2 Å². The Bertz CT molecular complexity index is 1040. The smallest absolute Gasteiger partial charge is 0.265 e. The quantitative estimate of drug-likeness (QED) is 0.740. The number of benzene rings is 2. The summed E-state index contributed by atoms with van der Waals surface area (Å²) < 4.78 is 32.6. The first-order valence-electron chi connectivity index (χ1n) is 8.31. The summed E-state index contributed by atoms with van der Waals surface area (Å²) in [6.07, 6.45) is -0.456. The van der Waals surface area contributed by atoms with Crippen molar-refractivity contribution in [2.45, 2.75) is 30.8 Å². The van der Waals surface area contributed by atoms with Crippen LogP contribution in [0.1, 0.15) is 18.9 Å². The van der Waals surface area contributed by atoms with Crippen molar-refractivity contribution < 1.29 is 22.7 Å². The van der Waals surface area contributed by atoms with E-state index in [1.54, 1.807) is 25.1 Å². The highest BCUT2D eigenvalue weighted by Gasteiger charge is 2.28. The number of carbonyl (C=O) groups excluding carboxylic acids is 2. The van der Waals surface area contributed by atoms with Gasteiger partial charge in [0.05, 0.1) is 17.0 Å². The molecule has 0 fully saturated rings. The maximum atomic E-state index is 12.5. The number of sulfonamides is 1. The van der Waals surface area contributed by atoms with Crippen molar-refractivity contribution in [2.24, 2.45) is 0 Å². The van der Waals surface area contributed by atoms with E-state index >= 15 is 0 Å². The molecule has 2 aromatic carbocycles. The molecule has 28 heavy (non-hydrogen) atoms. The van der Waals surface area contributed by atoms with E-state index in [0.29, 0.717) is 17.7 Å². The zero-order chi connectivity index (χ0) is 20.5. The molecule has 0 aliphatic carbocycles. The van der Waals surface area contributed by atoms with Crippen molar-refractivity contribution in [3.05, 3.63) is 52.0 Å². The molecule has 7 nitrogen and oxygen atoms in total. The average molecular weight is 443 g/mol. The molecule has 10 heteroatoms. The second-order valence-corrected chi connectivity index (χ2v) is 8.56. The van der Waals surface area contributed by atoms with Gasteiger partial charge >= 0.3 is 0 Å². The molecule has 3 rings (SSSR count). The fraction of sp³-hybridized carbons (Fsp3) is 0.222. The number of amides is 2. The minimum Gasteiger partial charge on any atom is -0.478 e. The van der Waals surface area contributed by atoms with E-state index in [2.05, 4.69) is 5.32 Å². The van der Waals surface area contributed by atoms with Gasteiger partial charge in [0.15, 0.2) is 6.10 Å². The largest absolute Gasteiger partial charge is 0.478 e. The molecule has 2 N–H and O–H groups in total. The lowest BCUT2D eigenvalue weighted by Gasteiger charge is -2.25. The van der Waals surface area contributed by atoms with Gasteiger partial charge < -0.3 is 10.1 Å². The molecule has 2 amide bonds. The van der Waals surface area contributed by atoms with Crippen LogP contribution in [0.5, 0.6) is 5.75 Å². The standard InChI is InChI=1S/C18H16Cl2N2O5S/c1-2-15-18(24)21-14-8-10(6-7-16(14)27-15)28(25,26)22-17(23)9-11-12(19)4-3-5-13(11)20/h3-8,15H,2,9H2,1H3,(H,21,24)(H,22,23)/t15-/m0/s1. The van der Waals surface area contributed by atoms with E-state index < -0.39 is 22.0 Å². The third kappa shape index (κ3) is 4.24. The fourth-order valence-corrected chi connectivity index (χ4v) is 4.21. The Morgan fingerprint density at radius 3 is 2.54 bits per heavy atom. The molecular formula is C18H16Cl2N2O5S. The van der Waals surface area contributed by atoms with Crippen LogP contribution < -0.4 is 14.8 Å². The topological polar surface area (TPSA) is 102 Å². The van der Waals surface area contributed by atoms with Gasteiger partial charge in [-0.15, -0.1) is 0 Å². The average Bonchev–Trinajstić information content (AvgIpc) is 2.63. The molecule has 1 atom stereocenters. The molecule has 0 bridgehead atoms. The monoisotopic (exact) mass is 442 g/mol. The van der Waals surface area contributed by atoms with Gasteiger partial charge in [0, 0.05) is 10.0 Å². The van der Waals surface area contributed by atoms with Gasteiger partial charge in [0.25, 0.3) is 15.9 Å². The molecular weight excluding hydrogens is 427 g/mol. The Kier molecular flexibility index (Phi) is 5.83. The molecule has 2 aromatic rings. The molecule has 0 saturated carbocycles. The van der Waals surface area contributed by atoms with Gasteiger partial charge in [0.2, 0.25) is 5.91 Å².